The first-order valence-corrected chi connectivity index (χ1v) is 6.47. The lowest BCUT2D eigenvalue weighted by Crippen LogP contribution is -2.37. The van der Waals surface area contributed by atoms with E-state index < -0.39 is 0 Å². The third-order valence-electron chi connectivity index (χ3n) is 3.51. The van der Waals surface area contributed by atoms with E-state index in [2.05, 4.69) is 4.90 Å². The van der Waals surface area contributed by atoms with Crippen LogP contribution in [0.25, 0.3) is 0 Å². The van der Waals surface area contributed by atoms with Gasteiger partial charge in [-0.25, -0.2) is 4.39 Å². The Morgan fingerprint density at radius 1 is 1.50 bits per heavy atom. The van der Waals surface area contributed by atoms with Crippen LogP contribution >= 0.6 is 0 Å². The van der Waals surface area contributed by atoms with Crippen LogP contribution in [-0.4, -0.2) is 26.8 Å². The van der Waals surface area contributed by atoms with Crippen molar-refractivity contribution >= 4 is 5.69 Å². The second kappa shape index (κ2) is 6.16. The number of hydrogen-bond donors (Lipinski definition) is 1. The number of anilines is 1. The topological polar surface area (TPSA) is 38.5 Å². The van der Waals surface area contributed by atoms with Crippen LogP contribution in [-0.2, 0) is 11.3 Å². The predicted molar refractivity (Wildman–Crippen MR) is 71.1 cm³/mol. The summed E-state index contributed by atoms with van der Waals surface area (Å²) in [5.41, 5.74) is 7.03. The lowest BCUT2D eigenvalue weighted by atomic mass is 9.98. The number of rotatable bonds is 4. The molecule has 100 valence electrons. The molecule has 0 amide bonds. The highest BCUT2D eigenvalue weighted by atomic mass is 19.1. The van der Waals surface area contributed by atoms with Gasteiger partial charge in [0.1, 0.15) is 5.82 Å². The second-order valence-electron chi connectivity index (χ2n) is 4.90. The van der Waals surface area contributed by atoms with E-state index in [1.807, 2.05) is 12.1 Å². The van der Waals surface area contributed by atoms with Crippen molar-refractivity contribution < 1.29 is 9.13 Å². The molecule has 1 aromatic carbocycles. The zero-order chi connectivity index (χ0) is 13.0. The summed E-state index contributed by atoms with van der Waals surface area (Å²) >= 11 is 0. The monoisotopic (exact) mass is 252 g/mol. The summed E-state index contributed by atoms with van der Waals surface area (Å²) in [5.74, 6) is 0.327. The molecule has 1 atom stereocenters. The molecule has 0 radical (unpaired) electrons. The van der Waals surface area contributed by atoms with Gasteiger partial charge in [-0.1, -0.05) is 6.07 Å². The number of halogens is 1. The first-order valence-electron chi connectivity index (χ1n) is 6.47. The lowest BCUT2D eigenvalue weighted by Gasteiger charge is -2.34. The molecule has 1 unspecified atom stereocenters. The fraction of sp³-hybridized carbons (Fsp3) is 0.571. The maximum absolute atomic E-state index is 14.0. The lowest BCUT2D eigenvalue weighted by molar-refractivity contribution is 0.143. The maximum atomic E-state index is 14.0. The maximum Gasteiger partial charge on any atom is 0.146 e. The number of hydrogen-bond acceptors (Lipinski definition) is 3. The van der Waals surface area contributed by atoms with Gasteiger partial charge >= 0.3 is 0 Å². The highest BCUT2D eigenvalue weighted by Gasteiger charge is 2.21. The molecule has 1 heterocycles. The van der Waals surface area contributed by atoms with E-state index in [9.17, 15) is 4.39 Å². The highest BCUT2D eigenvalue weighted by molar-refractivity contribution is 5.49. The van der Waals surface area contributed by atoms with Crippen LogP contribution in [0.15, 0.2) is 18.2 Å². The van der Waals surface area contributed by atoms with E-state index in [0.717, 1.165) is 38.1 Å². The van der Waals surface area contributed by atoms with E-state index in [1.165, 1.54) is 6.07 Å². The second-order valence-corrected chi connectivity index (χ2v) is 4.90. The fourth-order valence-electron chi connectivity index (χ4n) is 2.59. The molecule has 2 N–H and O–H groups in total. The Morgan fingerprint density at radius 2 is 2.33 bits per heavy atom. The van der Waals surface area contributed by atoms with Crippen LogP contribution in [0.1, 0.15) is 18.4 Å². The van der Waals surface area contributed by atoms with Crippen LogP contribution in [0.3, 0.4) is 0 Å². The van der Waals surface area contributed by atoms with Crippen molar-refractivity contribution in [3.8, 4) is 0 Å². The van der Waals surface area contributed by atoms with Crippen molar-refractivity contribution in [3.05, 3.63) is 29.6 Å². The highest BCUT2D eigenvalue weighted by Crippen LogP contribution is 2.26. The summed E-state index contributed by atoms with van der Waals surface area (Å²) in [6, 6.07) is 5.28. The first kappa shape index (κ1) is 13.3. The number of piperidine rings is 1. The molecule has 1 fully saturated rings. The Bertz CT molecular complexity index is 395. The van der Waals surface area contributed by atoms with Gasteiger partial charge < -0.3 is 15.4 Å². The molecule has 0 aliphatic carbocycles. The molecule has 0 bridgehead atoms. The van der Waals surface area contributed by atoms with Crippen molar-refractivity contribution in [3.63, 3.8) is 0 Å². The summed E-state index contributed by atoms with van der Waals surface area (Å²) in [6.07, 6.45) is 2.25. The van der Waals surface area contributed by atoms with Gasteiger partial charge in [0, 0.05) is 26.7 Å². The largest absolute Gasteiger partial charge is 0.384 e. The zero-order valence-electron chi connectivity index (χ0n) is 10.9. The first-order chi connectivity index (χ1) is 8.74. The van der Waals surface area contributed by atoms with Crippen molar-refractivity contribution in [2.24, 2.45) is 11.7 Å². The molecule has 1 aliphatic heterocycles. The van der Waals surface area contributed by atoms with Gasteiger partial charge in [-0.2, -0.15) is 0 Å². The molecule has 1 aliphatic rings. The summed E-state index contributed by atoms with van der Waals surface area (Å²) in [5, 5.41) is 0. The van der Waals surface area contributed by atoms with Crippen molar-refractivity contribution in [1.82, 2.24) is 0 Å². The van der Waals surface area contributed by atoms with E-state index in [0.29, 0.717) is 18.2 Å². The van der Waals surface area contributed by atoms with Gasteiger partial charge in [-0.05, 0) is 36.5 Å². The van der Waals surface area contributed by atoms with Crippen molar-refractivity contribution in [2.45, 2.75) is 19.4 Å². The third kappa shape index (κ3) is 3.00. The molecular weight excluding hydrogens is 231 g/mol. The summed E-state index contributed by atoms with van der Waals surface area (Å²) in [7, 11) is 1.72. The Morgan fingerprint density at radius 3 is 3.00 bits per heavy atom. The average molecular weight is 252 g/mol. The van der Waals surface area contributed by atoms with Crippen molar-refractivity contribution in [2.75, 3.05) is 31.7 Å². The zero-order valence-corrected chi connectivity index (χ0v) is 10.9. The van der Waals surface area contributed by atoms with E-state index in [1.54, 1.807) is 7.11 Å². The number of nitrogens with zero attached hydrogens (tertiary/aromatic N) is 1. The number of methoxy groups -OCH3 is 1. The minimum atomic E-state index is -0.170. The molecule has 2 rings (SSSR count). The van der Waals surface area contributed by atoms with Gasteiger partial charge in [0.15, 0.2) is 0 Å². The number of nitrogens with two attached hydrogens (primary N) is 1. The Hall–Kier alpha value is -1.13. The van der Waals surface area contributed by atoms with Gasteiger partial charge in [-0.3, -0.25) is 0 Å². The molecule has 1 aromatic rings. The van der Waals surface area contributed by atoms with E-state index >= 15 is 0 Å². The summed E-state index contributed by atoms with van der Waals surface area (Å²) in [6.45, 7) is 2.91. The minimum absolute atomic E-state index is 0.170. The van der Waals surface area contributed by atoms with Crippen LogP contribution in [0.4, 0.5) is 10.1 Å². The van der Waals surface area contributed by atoms with Gasteiger partial charge in [-0.15, -0.1) is 0 Å². The van der Waals surface area contributed by atoms with Gasteiger partial charge in [0.2, 0.25) is 0 Å². The molecule has 0 spiro atoms. The van der Waals surface area contributed by atoms with Crippen molar-refractivity contribution in [1.29, 1.82) is 0 Å². The fourth-order valence-corrected chi connectivity index (χ4v) is 2.59. The van der Waals surface area contributed by atoms with E-state index in [-0.39, 0.29) is 5.82 Å². The molecule has 4 heteroatoms. The molecule has 3 nitrogen and oxygen atoms in total. The molecular formula is C14H21FN2O. The standard InChI is InChI=1S/C14H21FN2O/c1-18-10-12-3-2-6-17(9-12)14-5-4-11(8-16)7-13(14)15/h4-5,7,12H,2-3,6,8-10,16H2,1H3. The average Bonchev–Trinajstić information content (AvgIpc) is 2.39. The third-order valence-corrected chi connectivity index (χ3v) is 3.51. The van der Waals surface area contributed by atoms with Crippen LogP contribution < -0.4 is 10.6 Å². The van der Waals surface area contributed by atoms with Crippen LogP contribution in [0.5, 0.6) is 0 Å². The predicted octanol–water partition coefficient (Wildman–Crippen LogP) is 2.15. The van der Waals surface area contributed by atoms with Gasteiger partial charge in [0.25, 0.3) is 0 Å². The summed E-state index contributed by atoms with van der Waals surface area (Å²) < 4.78 is 19.2. The molecule has 1 saturated heterocycles. The number of ether oxygens (including phenoxy) is 1. The van der Waals surface area contributed by atoms with E-state index in [4.69, 9.17) is 10.5 Å². The smallest absolute Gasteiger partial charge is 0.146 e. The number of benzene rings is 1. The minimum Gasteiger partial charge on any atom is -0.384 e. The molecule has 0 saturated carbocycles. The quantitative estimate of drug-likeness (QED) is 0.892. The van der Waals surface area contributed by atoms with Gasteiger partial charge in [0.05, 0.1) is 12.3 Å². The summed E-state index contributed by atoms with van der Waals surface area (Å²) in [4.78, 5) is 2.11. The Kier molecular flexibility index (Phi) is 4.55. The SMILES string of the molecule is COCC1CCCN(c2ccc(CN)cc2F)C1. The normalized spacial score (nSPS) is 20.2. The molecule has 0 aromatic heterocycles. The molecule has 18 heavy (non-hydrogen) atoms. The Balaban J connectivity index is 2.10. The Labute approximate surface area is 108 Å². The van der Waals surface area contributed by atoms with Crippen LogP contribution in [0, 0.1) is 11.7 Å². The van der Waals surface area contributed by atoms with Crippen LogP contribution in [0.2, 0.25) is 0 Å².